The first-order valence-electron chi connectivity index (χ1n) is 7.77. The van der Waals surface area contributed by atoms with E-state index in [-0.39, 0.29) is 29.0 Å². The van der Waals surface area contributed by atoms with Gasteiger partial charge in [-0.25, -0.2) is 8.78 Å². The topological polar surface area (TPSA) is 44.9 Å². The molecule has 3 aromatic rings. The molecule has 2 N–H and O–H groups in total. The van der Waals surface area contributed by atoms with Crippen LogP contribution in [0.25, 0.3) is 22.0 Å². The molecule has 3 nitrogen and oxygen atoms in total. The molecule has 1 aromatic heterocycles. The minimum atomic E-state index is -0.805. The normalized spacial score (nSPS) is 16.1. The van der Waals surface area contributed by atoms with Crippen molar-refractivity contribution in [1.29, 1.82) is 0 Å². The van der Waals surface area contributed by atoms with E-state index < -0.39 is 17.2 Å². The first-order valence-corrected chi connectivity index (χ1v) is 7.77. The number of Topliss-reactive ketones (excluding diaryl/α,β-unsaturated/α-hetero) is 1. The Kier molecular flexibility index (Phi) is 3.04. The number of carbonyl (C=O) groups excluding carboxylic acids is 1. The fourth-order valence-corrected chi connectivity index (χ4v) is 3.43. The van der Waals surface area contributed by atoms with Gasteiger partial charge in [0.1, 0.15) is 11.6 Å². The maximum Gasteiger partial charge on any atom is 0.170 e. The van der Waals surface area contributed by atoms with Crippen LogP contribution in [0.3, 0.4) is 0 Å². The summed E-state index contributed by atoms with van der Waals surface area (Å²) in [6.07, 6.45) is 1.88. The van der Waals surface area contributed by atoms with Crippen LogP contribution >= 0.6 is 0 Å². The van der Waals surface area contributed by atoms with Gasteiger partial charge >= 0.3 is 0 Å². The molecule has 0 bridgehead atoms. The molecule has 0 amide bonds. The zero-order valence-electron chi connectivity index (χ0n) is 13.3. The van der Waals surface area contributed by atoms with Gasteiger partial charge in [-0.3, -0.25) is 4.79 Å². The molecule has 2 heterocycles. The number of nitrogens with one attached hydrogen (secondary N) is 2. The number of halogens is 2. The van der Waals surface area contributed by atoms with E-state index in [1.807, 2.05) is 26.0 Å². The molecule has 0 atom stereocenters. The second-order valence-electron chi connectivity index (χ2n) is 6.83. The van der Waals surface area contributed by atoms with Gasteiger partial charge < -0.3 is 10.3 Å². The van der Waals surface area contributed by atoms with Crippen molar-refractivity contribution >= 4 is 22.4 Å². The highest BCUT2D eigenvalue weighted by Gasteiger charge is 2.35. The highest BCUT2D eigenvalue weighted by atomic mass is 19.1. The molecule has 5 heteroatoms. The third kappa shape index (κ3) is 2.12. The van der Waals surface area contributed by atoms with E-state index in [4.69, 9.17) is 0 Å². The minimum Gasteiger partial charge on any atom is -0.379 e. The predicted molar refractivity (Wildman–Crippen MR) is 90.3 cm³/mol. The highest BCUT2D eigenvalue weighted by molar-refractivity contribution is 6.06. The molecule has 0 aliphatic carbocycles. The van der Waals surface area contributed by atoms with Crippen molar-refractivity contribution < 1.29 is 13.6 Å². The number of benzene rings is 2. The Labute approximate surface area is 137 Å². The Bertz CT molecular complexity index is 988. The number of para-hydroxylation sites is 1. The predicted octanol–water partition coefficient (Wildman–Crippen LogP) is 4.89. The maximum absolute atomic E-state index is 15.1. The second-order valence-corrected chi connectivity index (χ2v) is 6.83. The van der Waals surface area contributed by atoms with E-state index in [0.29, 0.717) is 11.1 Å². The lowest BCUT2D eigenvalue weighted by Crippen LogP contribution is -2.39. The molecular weight excluding hydrogens is 310 g/mol. The zero-order valence-corrected chi connectivity index (χ0v) is 13.3. The summed E-state index contributed by atoms with van der Waals surface area (Å²) in [5.74, 6) is -1.81. The molecular formula is C19H16F2N2O. The Balaban J connectivity index is 2.01. The monoisotopic (exact) mass is 326 g/mol. The number of hydrogen-bond donors (Lipinski definition) is 2. The molecule has 1 aliphatic rings. The number of carbonyl (C=O) groups is 1. The number of fused-ring (bicyclic) bond motifs is 2. The first-order chi connectivity index (χ1) is 11.4. The van der Waals surface area contributed by atoms with Crippen molar-refractivity contribution in [3.8, 4) is 11.1 Å². The summed E-state index contributed by atoms with van der Waals surface area (Å²) in [6.45, 7) is 3.66. The minimum absolute atomic E-state index is 0.0608. The summed E-state index contributed by atoms with van der Waals surface area (Å²) in [7, 11) is 0. The molecule has 0 saturated carbocycles. The van der Waals surface area contributed by atoms with Crippen LogP contribution in [0.1, 0.15) is 30.6 Å². The number of aromatic nitrogens is 1. The average Bonchev–Trinajstić information content (AvgIpc) is 2.94. The third-order valence-electron chi connectivity index (χ3n) is 4.43. The first kappa shape index (κ1) is 14.9. The van der Waals surface area contributed by atoms with Crippen molar-refractivity contribution in [2.75, 3.05) is 5.32 Å². The standard InChI is InChI=1S/C19H16F2N2O/c1-19(2)9-14(24)16-13(23-19)8-12(20)15(17(16)21)11-5-3-4-10-6-7-22-18(10)11/h3-8,22-23H,9H2,1-2H3. The van der Waals surface area contributed by atoms with E-state index >= 15 is 4.39 Å². The molecule has 0 spiro atoms. The van der Waals surface area contributed by atoms with Gasteiger partial charge in [0.2, 0.25) is 0 Å². The molecule has 1 aliphatic heterocycles. The largest absolute Gasteiger partial charge is 0.379 e. The van der Waals surface area contributed by atoms with Crippen molar-refractivity contribution in [2.45, 2.75) is 25.8 Å². The second kappa shape index (κ2) is 4.90. The van der Waals surface area contributed by atoms with Gasteiger partial charge in [-0.15, -0.1) is 0 Å². The molecule has 2 aromatic carbocycles. The van der Waals surface area contributed by atoms with E-state index in [0.717, 1.165) is 5.39 Å². The number of ketones is 1. The lowest BCUT2D eigenvalue weighted by atomic mass is 9.86. The molecule has 4 rings (SSSR count). The van der Waals surface area contributed by atoms with Crippen LogP contribution in [0.4, 0.5) is 14.5 Å². The molecule has 0 radical (unpaired) electrons. The van der Waals surface area contributed by atoms with Crippen molar-refractivity contribution in [1.82, 2.24) is 4.98 Å². The SMILES string of the molecule is CC1(C)CC(=O)c2c(cc(F)c(-c3cccc4cc[nH]c34)c2F)N1. The lowest BCUT2D eigenvalue weighted by Gasteiger charge is -2.33. The van der Waals surface area contributed by atoms with Crippen LogP contribution < -0.4 is 5.32 Å². The van der Waals surface area contributed by atoms with Gasteiger partial charge in [0.05, 0.1) is 22.3 Å². The lowest BCUT2D eigenvalue weighted by molar-refractivity contribution is 0.0954. The highest BCUT2D eigenvalue weighted by Crippen LogP contribution is 2.39. The zero-order chi connectivity index (χ0) is 17.1. The Morgan fingerprint density at radius 2 is 1.92 bits per heavy atom. The van der Waals surface area contributed by atoms with Crippen LogP contribution in [0, 0.1) is 11.6 Å². The average molecular weight is 326 g/mol. The summed E-state index contributed by atoms with van der Waals surface area (Å²) in [5.41, 5.74) is 0.517. The van der Waals surface area contributed by atoms with Crippen LogP contribution in [-0.4, -0.2) is 16.3 Å². The van der Waals surface area contributed by atoms with Gasteiger partial charge in [-0.1, -0.05) is 18.2 Å². The van der Waals surface area contributed by atoms with Gasteiger partial charge in [0.15, 0.2) is 5.78 Å². The smallest absolute Gasteiger partial charge is 0.170 e. The van der Waals surface area contributed by atoms with Crippen LogP contribution in [0.2, 0.25) is 0 Å². The summed E-state index contributed by atoms with van der Waals surface area (Å²) >= 11 is 0. The molecule has 0 saturated heterocycles. The molecule has 122 valence electrons. The number of aromatic amines is 1. The fourth-order valence-electron chi connectivity index (χ4n) is 3.43. The van der Waals surface area contributed by atoms with Gasteiger partial charge in [0, 0.05) is 23.7 Å². The summed E-state index contributed by atoms with van der Waals surface area (Å²) < 4.78 is 29.9. The molecule has 0 fully saturated rings. The van der Waals surface area contributed by atoms with Crippen molar-refractivity contribution in [3.63, 3.8) is 0 Å². The number of rotatable bonds is 1. The summed E-state index contributed by atoms with van der Waals surface area (Å²) in [5, 5.41) is 3.91. The summed E-state index contributed by atoms with van der Waals surface area (Å²) in [6, 6.07) is 8.31. The quantitative estimate of drug-likeness (QED) is 0.669. The van der Waals surface area contributed by atoms with Gasteiger partial charge in [-0.2, -0.15) is 0 Å². The number of hydrogen-bond acceptors (Lipinski definition) is 2. The van der Waals surface area contributed by atoms with Crippen LogP contribution in [0.5, 0.6) is 0 Å². The Morgan fingerprint density at radius 1 is 1.12 bits per heavy atom. The Morgan fingerprint density at radius 3 is 2.71 bits per heavy atom. The van der Waals surface area contributed by atoms with Gasteiger partial charge in [0.25, 0.3) is 0 Å². The van der Waals surface area contributed by atoms with E-state index in [1.54, 1.807) is 18.3 Å². The number of anilines is 1. The van der Waals surface area contributed by atoms with E-state index in [9.17, 15) is 9.18 Å². The van der Waals surface area contributed by atoms with Crippen LogP contribution in [-0.2, 0) is 0 Å². The maximum atomic E-state index is 15.1. The Hall–Kier alpha value is -2.69. The molecule has 0 unspecified atom stereocenters. The molecule has 24 heavy (non-hydrogen) atoms. The van der Waals surface area contributed by atoms with Crippen molar-refractivity contribution in [3.05, 3.63) is 53.7 Å². The third-order valence-corrected chi connectivity index (χ3v) is 4.43. The van der Waals surface area contributed by atoms with Gasteiger partial charge in [-0.05, 0) is 31.4 Å². The van der Waals surface area contributed by atoms with E-state index in [2.05, 4.69) is 10.3 Å². The van der Waals surface area contributed by atoms with E-state index in [1.165, 1.54) is 6.07 Å². The van der Waals surface area contributed by atoms with Crippen molar-refractivity contribution in [2.24, 2.45) is 0 Å². The summed E-state index contributed by atoms with van der Waals surface area (Å²) in [4.78, 5) is 15.4. The number of H-pyrrole nitrogens is 1. The van der Waals surface area contributed by atoms with Crippen LogP contribution in [0.15, 0.2) is 36.5 Å². The fraction of sp³-hybridized carbons (Fsp3) is 0.211.